The van der Waals surface area contributed by atoms with Gasteiger partial charge in [-0.05, 0) is 31.2 Å². The van der Waals surface area contributed by atoms with Crippen LogP contribution < -0.4 is 5.32 Å². The van der Waals surface area contributed by atoms with Crippen LogP contribution in [0, 0.1) is 6.92 Å². The highest BCUT2D eigenvalue weighted by Gasteiger charge is 2.18. The average Bonchev–Trinajstić information content (AvgIpc) is 3.37. The molecule has 0 aliphatic carbocycles. The van der Waals surface area contributed by atoms with Crippen LogP contribution in [0.2, 0.25) is 0 Å². The maximum Gasteiger partial charge on any atom is 0.255 e. The smallest absolute Gasteiger partial charge is 0.255 e. The third kappa shape index (κ3) is 3.67. The second kappa shape index (κ2) is 7.33. The predicted octanol–water partition coefficient (Wildman–Crippen LogP) is 4.37. The summed E-state index contributed by atoms with van der Waals surface area (Å²) in [5.74, 6) is 0.513. The maximum absolute atomic E-state index is 12.8. The largest absolute Gasteiger partial charge is 0.467 e. The molecule has 2 aromatic heterocycles. The Morgan fingerprint density at radius 3 is 2.52 bits per heavy atom. The normalized spacial score (nSPS) is 10.7. The molecule has 0 saturated carbocycles. The van der Waals surface area contributed by atoms with Gasteiger partial charge in [-0.1, -0.05) is 48.0 Å². The summed E-state index contributed by atoms with van der Waals surface area (Å²) < 4.78 is 7.02. The number of nitrogens with one attached hydrogen (secondary N) is 1. The number of aryl methyl sites for hydroxylation is 1. The number of rotatable bonds is 5. The lowest BCUT2D eigenvalue weighted by Gasteiger charge is -2.03. The molecule has 1 N–H and O–H groups in total. The van der Waals surface area contributed by atoms with Crippen molar-refractivity contribution in [1.29, 1.82) is 0 Å². The lowest BCUT2D eigenvalue weighted by molar-refractivity contribution is 0.0948. The summed E-state index contributed by atoms with van der Waals surface area (Å²) >= 11 is 0. The Morgan fingerprint density at radius 2 is 1.81 bits per heavy atom. The highest BCUT2D eigenvalue weighted by Crippen LogP contribution is 2.24. The molecule has 0 saturated heterocycles. The number of hydrogen-bond donors (Lipinski definition) is 1. The van der Waals surface area contributed by atoms with Crippen molar-refractivity contribution in [2.75, 3.05) is 0 Å². The van der Waals surface area contributed by atoms with Gasteiger partial charge in [-0.15, -0.1) is 0 Å². The van der Waals surface area contributed by atoms with Crippen LogP contribution in [-0.4, -0.2) is 15.7 Å². The molecule has 2 aromatic carbocycles. The van der Waals surface area contributed by atoms with E-state index in [4.69, 9.17) is 4.42 Å². The minimum Gasteiger partial charge on any atom is -0.467 e. The van der Waals surface area contributed by atoms with E-state index in [9.17, 15) is 4.79 Å². The molecule has 1 amide bonds. The van der Waals surface area contributed by atoms with E-state index in [1.54, 1.807) is 23.2 Å². The Balaban J connectivity index is 1.69. The summed E-state index contributed by atoms with van der Waals surface area (Å²) in [7, 11) is 0. The molecule has 5 nitrogen and oxygen atoms in total. The molecule has 0 unspecified atom stereocenters. The van der Waals surface area contributed by atoms with E-state index in [1.165, 1.54) is 5.56 Å². The lowest BCUT2D eigenvalue weighted by atomic mass is 10.1. The van der Waals surface area contributed by atoms with Gasteiger partial charge in [0.1, 0.15) is 11.5 Å². The summed E-state index contributed by atoms with van der Waals surface area (Å²) in [6, 6.07) is 21.4. The van der Waals surface area contributed by atoms with E-state index in [0.29, 0.717) is 23.6 Å². The molecule has 4 rings (SSSR count). The molecule has 27 heavy (non-hydrogen) atoms. The number of carbonyl (C=O) groups is 1. The molecule has 5 heteroatoms. The molecule has 0 atom stereocenters. The second-order valence-corrected chi connectivity index (χ2v) is 6.30. The van der Waals surface area contributed by atoms with E-state index in [0.717, 1.165) is 11.3 Å². The molecule has 0 fully saturated rings. The van der Waals surface area contributed by atoms with Gasteiger partial charge in [0.2, 0.25) is 0 Å². The van der Waals surface area contributed by atoms with Crippen molar-refractivity contribution in [3.8, 4) is 16.9 Å². The summed E-state index contributed by atoms with van der Waals surface area (Å²) in [4.78, 5) is 12.8. The zero-order valence-corrected chi connectivity index (χ0v) is 14.9. The number of aromatic nitrogens is 2. The van der Waals surface area contributed by atoms with E-state index in [-0.39, 0.29) is 5.91 Å². The number of benzene rings is 2. The minimum absolute atomic E-state index is 0.191. The fraction of sp³-hybridized carbons (Fsp3) is 0.0909. The van der Waals surface area contributed by atoms with Gasteiger partial charge in [-0.25, -0.2) is 4.68 Å². The van der Waals surface area contributed by atoms with Gasteiger partial charge in [-0.2, -0.15) is 5.10 Å². The van der Waals surface area contributed by atoms with Gasteiger partial charge < -0.3 is 9.73 Å². The number of furan rings is 1. The van der Waals surface area contributed by atoms with Gasteiger partial charge in [0.05, 0.1) is 24.1 Å². The molecule has 2 heterocycles. The Morgan fingerprint density at radius 1 is 1.04 bits per heavy atom. The third-order valence-corrected chi connectivity index (χ3v) is 4.31. The van der Waals surface area contributed by atoms with E-state index < -0.39 is 0 Å². The number of nitrogens with zero attached hydrogens (tertiary/aromatic N) is 2. The molecule has 0 bridgehead atoms. The predicted molar refractivity (Wildman–Crippen MR) is 104 cm³/mol. The van der Waals surface area contributed by atoms with Crippen molar-refractivity contribution >= 4 is 5.91 Å². The Kier molecular flexibility index (Phi) is 4.58. The molecule has 134 valence electrons. The van der Waals surface area contributed by atoms with Gasteiger partial charge in [0.15, 0.2) is 0 Å². The van der Waals surface area contributed by atoms with Crippen molar-refractivity contribution in [3.63, 3.8) is 0 Å². The maximum atomic E-state index is 12.8. The highest BCUT2D eigenvalue weighted by atomic mass is 16.3. The first kappa shape index (κ1) is 16.8. The van der Waals surface area contributed by atoms with E-state index in [2.05, 4.69) is 10.4 Å². The zero-order valence-electron chi connectivity index (χ0n) is 14.9. The molecule has 4 aromatic rings. The summed E-state index contributed by atoms with van der Waals surface area (Å²) in [6.07, 6.45) is 3.36. The van der Waals surface area contributed by atoms with E-state index in [1.807, 2.05) is 67.6 Å². The monoisotopic (exact) mass is 357 g/mol. The standard InChI is InChI=1S/C22H19N3O2/c1-16-9-11-18(12-10-16)25-15-20(21(24-25)17-6-3-2-4-7-17)22(26)23-14-19-8-5-13-27-19/h2-13,15H,14H2,1H3,(H,23,26). The third-order valence-electron chi connectivity index (χ3n) is 4.31. The van der Waals surface area contributed by atoms with Crippen molar-refractivity contribution in [2.45, 2.75) is 13.5 Å². The minimum atomic E-state index is -0.191. The summed E-state index contributed by atoms with van der Waals surface area (Å²) in [5.41, 5.74) is 4.14. The molecule has 0 spiro atoms. The summed E-state index contributed by atoms with van der Waals surface area (Å²) in [5, 5.41) is 7.58. The van der Waals surface area contributed by atoms with Crippen LogP contribution in [0.3, 0.4) is 0 Å². The van der Waals surface area contributed by atoms with Crippen LogP contribution in [-0.2, 0) is 6.54 Å². The van der Waals surface area contributed by atoms with Gasteiger partial charge >= 0.3 is 0 Å². The number of carbonyl (C=O) groups excluding carboxylic acids is 1. The van der Waals surface area contributed by atoms with Crippen molar-refractivity contribution in [3.05, 3.63) is 96.1 Å². The van der Waals surface area contributed by atoms with Crippen molar-refractivity contribution in [1.82, 2.24) is 15.1 Å². The van der Waals surface area contributed by atoms with Crippen molar-refractivity contribution < 1.29 is 9.21 Å². The Bertz CT molecular complexity index is 1030. The first-order valence-corrected chi connectivity index (χ1v) is 8.73. The quantitative estimate of drug-likeness (QED) is 0.577. The van der Waals surface area contributed by atoms with Crippen LogP contribution in [0.15, 0.2) is 83.6 Å². The molecule has 0 aliphatic heterocycles. The zero-order chi connectivity index (χ0) is 18.6. The molecular formula is C22H19N3O2. The lowest BCUT2D eigenvalue weighted by Crippen LogP contribution is -2.22. The summed E-state index contributed by atoms with van der Waals surface area (Å²) in [6.45, 7) is 2.37. The Hall–Kier alpha value is -3.60. The molecule has 0 aliphatic rings. The second-order valence-electron chi connectivity index (χ2n) is 6.30. The molecule has 0 radical (unpaired) electrons. The Labute approximate surface area is 157 Å². The van der Waals surface area contributed by atoms with Crippen LogP contribution >= 0.6 is 0 Å². The van der Waals surface area contributed by atoms with Crippen molar-refractivity contribution in [2.24, 2.45) is 0 Å². The fourth-order valence-electron chi connectivity index (χ4n) is 2.85. The van der Waals surface area contributed by atoms with Crippen LogP contribution in [0.5, 0.6) is 0 Å². The highest BCUT2D eigenvalue weighted by molar-refractivity contribution is 5.99. The van der Waals surface area contributed by atoms with Gasteiger partial charge in [0, 0.05) is 11.8 Å². The average molecular weight is 357 g/mol. The van der Waals surface area contributed by atoms with Gasteiger partial charge in [-0.3, -0.25) is 4.79 Å². The van der Waals surface area contributed by atoms with Crippen LogP contribution in [0.25, 0.3) is 16.9 Å². The molecular weight excluding hydrogens is 338 g/mol. The fourth-order valence-corrected chi connectivity index (χ4v) is 2.85. The first-order chi connectivity index (χ1) is 13.2. The van der Waals surface area contributed by atoms with Crippen LogP contribution in [0.1, 0.15) is 21.7 Å². The topological polar surface area (TPSA) is 60.1 Å². The SMILES string of the molecule is Cc1ccc(-n2cc(C(=O)NCc3ccco3)c(-c3ccccc3)n2)cc1. The number of amides is 1. The first-order valence-electron chi connectivity index (χ1n) is 8.73. The van der Waals surface area contributed by atoms with E-state index >= 15 is 0 Å². The number of hydrogen-bond acceptors (Lipinski definition) is 3. The van der Waals surface area contributed by atoms with Crippen LogP contribution in [0.4, 0.5) is 0 Å². The van der Waals surface area contributed by atoms with Gasteiger partial charge in [0.25, 0.3) is 5.91 Å².